The summed E-state index contributed by atoms with van der Waals surface area (Å²) in [7, 11) is 0. The van der Waals surface area contributed by atoms with Crippen LogP contribution in [-0.2, 0) is 0 Å². The molecule has 4 heteroatoms. The summed E-state index contributed by atoms with van der Waals surface area (Å²) in [5.74, 6) is 0.178. The van der Waals surface area contributed by atoms with Gasteiger partial charge in [-0.15, -0.1) is 0 Å². The molecule has 14 heavy (non-hydrogen) atoms. The third-order valence-corrected chi connectivity index (χ3v) is 1.86. The van der Waals surface area contributed by atoms with Crippen LogP contribution in [-0.4, -0.2) is 11.9 Å². The highest BCUT2D eigenvalue weighted by Gasteiger charge is 2.03. The molecule has 1 rings (SSSR count). The molecule has 1 nitrogen and oxygen atoms in total. The van der Waals surface area contributed by atoms with Crippen LogP contribution in [0.5, 0.6) is 5.75 Å². The molecule has 0 N–H and O–H groups in total. The highest BCUT2D eigenvalue weighted by Crippen LogP contribution is 2.16. The Morgan fingerprint density at radius 3 is 2.86 bits per heavy atom. The quantitative estimate of drug-likeness (QED) is 0.752. The third-order valence-electron chi connectivity index (χ3n) is 1.48. The van der Waals surface area contributed by atoms with E-state index in [9.17, 15) is 8.78 Å². The standard InChI is InChI=1S/C10H9BrF2O/c11-6-2-4-8-3-1-5-9(7-8)14-10(12)13/h1-5,7,10H,6H2. The highest BCUT2D eigenvalue weighted by molar-refractivity contribution is 9.09. The maximum absolute atomic E-state index is 11.9. The Labute approximate surface area is 89.5 Å². The molecule has 0 unspecified atom stereocenters. The molecule has 0 aliphatic heterocycles. The third kappa shape index (κ3) is 3.87. The van der Waals surface area contributed by atoms with E-state index in [1.165, 1.54) is 6.07 Å². The summed E-state index contributed by atoms with van der Waals surface area (Å²) in [5, 5.41) is 0.729. The van der Waals surface area contributed by atoms with Crippen molar-refractivity contribution in [3.05, 3.63) is 35.9 Å². The maximum Gasteiger partial charge on any atom is 0.387 e. The number of halogens is 3. The van der Waals surface area contributed by atoms with Gasteiger partial charge in [-0.25, -0.2) is 0 Å². The molecule has 1 aromatic rings. The Balaban J connectivity index is 2.73. The summed E-state index contributed by atoms with van der Waals surface area (Å²) in [6, 6.07) is 6.55. The number of rotatable bonds is 4. The van der Waals surface area contributed by atoms with E-state index in [-0.39, 0.29) is 5.75 Å². The van der Waals surface area contributed by atoms with Crippen molar-refractivity contribution in [2.24, 2.45) is 0 Å². The zero-order valence-electron chi connectivity index (χ0n) is 7.29. The normalized spacial score (nSPS) is 11.1. The molecule has 0 amide bonds. The van der Waals surface area contributed by atoms with E-state index in [1.807, 2.05) is 18.2 Å². The molecule has 0 aliphatic carbocycles. The molecule has 0 spiro atoms. The van der Waals surface area contributed by atoms with Crippen LogP contribution in [0, 0.1) is 0 Å². The first-order valence-corrected chi connectivity index (χ1v) is 5.12. The molecule has 76 valence electrons. The SMILES string of the molecule is FC(F)Oc1cccc(C=CCBr)c1. The molecule has 0 bridgehead atoms. The molecule has 0 atom stereocenters. The first-order valence-electron chi connectivity index (χ1n) is 4.00. The van der Waals surface area contributed by atoms with Crippen LogP contribution in [0.3, 0.4) is 0 Å². The molecule has 0 aliphatic rings. The van der Waals surface area contributed by atoms with Crippen molar-refractivity contribution < 1.29 is 13.5 Å². The van der Waals surface area contributed by atoms with Crippen molar-refractivity contribution in [2.75, 3.05) is 5.33 Å². The second kappa shape index (κ2) is 5.75. The van der Waals surface area contributed by atoms with Gasteiger partial charge in [0.05, 0.1) is 0 Å². The smallest absolute Gasteiger partial charge is 0.387 e. The van der Waals surface area contributed by atoms with Crippen LogP contribution in [0.15, 0.2) is 30.3 Å². The van der Waals surface area contributed by atoms with E-state index in [1.54, 1.807) is 12.1 Å². The summed E-state index contributed by atoms with van der Waals surface area (Å²) in [6.45, 7) is -2.77. The predicted molar refractivity (Wildman–Crippen MR) is 55.9 cm³/mol. The fraction of sp³-hybridized carbons (Fsp3) is 0.200. The Morgan fingerprint density at radius 1 is 1.43 bits per heavy atom. The molecule has 0 radical (unpaired) electrons. The topological polar surface area (TPSA) is 9.23 Å². The van der Waals surface area contributed by atoms with Crippen molar-refractivity contribution >= 4 is 22.0 Å². The van der Waals surface area contributed by atoms with Gasteiger partial charge in [-0.1, -0.05) is 40.2 Å². The molecule has 0 heterocycles. The second-order valence-electron chi connectivity index (χ2n) is 2.51. The van der Waals surface area contributed by atoms with Crippen molar-refractivity contribution in [3.63, 3.8) is 0 Å². The summed E-state index contributed by atoms with van der Waals surface area (Å²) in [4.78, 5) is 0. The number of alkyl halides is 3. The Morgan fingerprint density at radius 2 is 2.21 bits per heavy atom. The summed E-state index contributed by atoms with van der Waals surface area (Å²) in [5.41, 5.74) is 0.836. The average molecular weight is 263 g/mol. The van der Waals surface area contributed by atoms with Crippen molar-refractivity contribution in [1.29, 1.82) is 0 Å². The van der Waals surface area contributed by atoms with Gasteiger partial charge in [0.2, 0.25) is 0 Å². The molecular formula is C10H9BrF2O. The van der Waals surface area contributed by atoms with Gasteiger partial charge in [-0.3, -0.25) is 0 Å². The Kier molecular flexibility index (Phi) is 4.59. The number of hydrogen-bond acceptors (Lipinski definition) is 1. The van der Waals surface area contributed by atoms with E-state index >= 15 is 0 Å². The number of ether oxygens (including phenoxy) is 1. The first-order chi connectivity index (χ1) is 6.72. The van der Waals surface area contributed by atoms with Gasteiger partial charge < -0.3 is 4.74 Å². The van der Waals surface area contributed by atoms with E-state index in [4.69, 9.17) is 0 Å². The molecule has 0 aromatic heterocycles. The lowest BCUT2D eigenvalue weighted by molar-refractivity contribution is -0.0498. The number of hydrogen-bond donors (Lipinski definition) is 0. The van der Waals surface area contributed by atoms with Crippen LogP contribution >= 0.6 is 15.9 Å². The van der Waals surface area contributed by atoms with Crippen LogP contribution in [0.4, 0.5) is 8.78 Å². The number of benzene rings is 1. The van der Waals surface area contributed by atoms with E-state index < -0.39 is 6.61 Å². The van der Waals surface area contributed by atoms with Crippen LogP contribution in [0.25, 0.3) is 6.08 Å². The first kappa shape index (κ1) is 11.2. The van der Waals surface area contributed by atoms with Crippen molar-refractivity contribution in [2.45, 2.75) is 6.61 Å². The van der Waals surface area contributed by atoms with Gasteiger partial charge in [0.15, 0.2) is 0 Å². The molecule has 0 fully saturated rings. The predicted octanol–water partition coefficient (Wildman–Crippen LogP) is 3.70. The summed E-state index contributed by atoms with van der Waals surface area (Å²) in [6.07, 6.45) is 3.70. The summed E-state index contributed by atoms with van der Waals surface area (Å²) >= 11 is 3.23. The lowest BCUT2D eigenvalue weighted by Crippen LogP contribution is -2.01. The lowest BCUT2D eigenvalue weighted by Gasteiger charge is -2.04. The molecular weight excluding hydrogens is 254 g/mol. The second-order valence-corrected chi connectivity index (χ2v) is 3.16. The van der Waals surface area contributed by atoms with Crippen LogP contribution < -0.4 is 4.74 Å². The summed E-state index contributed by atoms with van der Waals surface area (Å²) < 4.78 is 28.0. The number of allylic oxidation sites excluding steroid dienone is 1. The van der Waals surface area contributed by atoms with E-state index in [2.05, 4.69) is 20.7 Å². The van der Waals surface area contributed by atoms with E-state index in [0.717, 1.165) is 10.9 Å². The minimum atomic E-state index is -2.77. The van der Waals surface area contributed by atoms with Gasteiger partial charge in [-0.05, 0) is 17.7 Å². The fourth-order valence-corrected chi connectivity index (χ4v) is 1.16. The fourth-order valence-electron chi connectivity index (χ4n) is 0.975. The molecule has 0 saturated heterocycles. The van der Waals surface area contributed by atoms with Gasteiger partial charge in [0, 0.05) is 5.33 Å². The van der Waals surface area contributed by atoms with Gasteiger partial charge in [0.1, 0.15) is 5.75 Å². The minimum absolute atomic E-state index is 0.178. The van der Waals surface area contributed by atoms with E-state index in [0.29, 0.717) is 0 Å². The monoisotopic (exact) mass is 262 g/mol. The van der Waals surface area contributed by atoms with Crippen molar-refractivity contribution in [1.82, 2.24) is 0 Å². The minimum Gasteiger partial charge on any atom is -0.435 e. The van der Waals surface area contributed by atoms with Gasteiger partial charge in [-0.2, -0.15) is 8.78 Å². The molecule has 0 saturated carbocycles. The Hall–Kier alpha value is -0.900. The Bertz CT molecular complexity index is 313. The van der Waals surface area contributed by atoms with Crippen molar-refractivity contribution in [3.8, 4) is 5.75 Å². The van der Waals surface area contributed by atoms with Gasteiger partial charge >= 0.3 is 6.61 Å². The zero-order valence-corrected chi connectivity index (χ0v) is 8.88. The lowest BCUT2D eigenvalue weighted by atomic mass is 10.2. The maximum atomic E-state index is 11.9. The van der Waals surface area contributed by atoms with Crippen LogP contribution in [0.2, 0.25) is 0 Å². The van der Waals surface area contributed by atoms with Crippen LogP contribution in [0.1, 0.15) is 5.56 Å². The zero-order chi connectivity index (χ0) is 10.4. The highest BCUT2D eigenvalue weighted by atomic mass is 79.9. The molecule has 1 aromatic carbocycles. The average Bonchev–Trinajstić information content (AvgIpc) is 2.14. The largest absolute Gasteiger partial charge is 0.435 e. The van der Waals surface area contributed by atoms with Gasteiger partial charge in [0.25, 0.3) is 0 Å².